The molecule has 0 aliphatic carbocycles. The fourth-order valence-corrected chi connectivity index (χ4v) is 3.03. The average molecular weight is 400 g/mol. The molecule has 0 saturated carbocycles. The van der Waals surface area contributed by atoms with Crippen LogP contribution in [0.4, 0.5) is 11.4 Å². The predicted molar refractivity (Wildman–Crippen MR) is 115 cm³/mol. The van der Waals surface area contributed by atoms with Crippen LogP contribution in [0.15, 0.2) is 88.3 Å². The molecular formula is C24H20N2O4. The van der Waals surface area contributed by atoms with Crippen molar-refractivity contribution in [3.05, 3.63) is 90.0 Å². The molecule has 0 unspecified atom stereocenters. The molecule has 0 aliphatic heterocycles. The second kappa shape index (κ2) is 8.53. The minimum atomic E-state index is -0.323. The lowest BCUT2D eigenvalue weighted by Crippen LogP contribution is -2.21. The zero-order valence-corrected chi connectivity index (χ0v) is 16.6. The van der Waals surface area contributed by atoms with Crippen LogP contribution in [0.2, 0.25) is 0 Å². The molecule has 0 bridgehead atoms. The van der Waals surface area contributed by atoms with E-state index in [1.807, 2.05) is 54.6 Å². The van der Waals surface area contributed by atoms with Gasteiger partial charge >= 0.3 is 0 Å². The van der Waals surface area contributed by atoms with Gasteiger partial charge in [0.1, 0.15) is 28.3 Å². The average Bonchev–Trinajstić information content (AvgIpc) is 2.79. The van der Waals surface area contributed by atoms with Crippen LogP contribution in [-0.4, -0.2) is 20.1 Å². The smallest absolute Gasteiger partial charge is 0.261 e. The number of nitrogens with one attached hydrogen (secondary N) is 1. The summed E-state index contributed by atoms with van der Waals surface area (Å²) in [4.78, 5) is 17.7. The van der Waals surface area contributed by atoms with Crippen molar-refractivity contribution in [2.24, 2.45) is 4.99 Å². The largest absolute Gasteiger partial charge is 0.497 e. The third-order valence-corrected chi connectivity index (χ3v) is 4.54. The van der Waals surface area contributed by atoms with Gasteiger partial charge in [0, 0.05) is 17.1 Å². The molecule has 1 aromatic heterocycles. The maximum atomic E-state index is 13.1. The number of carbonyl (C=O) groups excluding carboxylic acids is 1. The SMILES string of the molecule is COc1ccc(OC)c(N=c2oc3ccccc3cc2C(=O)Nc2ccccc2)c1. The molecule has 1 heterocycles. The lowest BCUT2D eigenvalue weighted by molar-refractivity contribution is 0.102. The molecule has 4 aromatic rings. The standard InChI is InChI=1S/C24H20N2O4/c1-28-18-12-13-22(29-2)20(15-18)26-24-19(14-16-8-6-7-11-21(16)30-24)23(27)25-17-9-4-3-5-10-17/h3-15H,1-2H3,(H,25,27). The highest BCUT2D eigenvalue weighted by Crippen LogP contribution is 2.31. The van der Waals surface area contributed by atoms with Gasteiger partial charge in [-0.15, -0.1) is 0 Å². The van der Waals surface area contributed by atoms with Crippen LogP contribution in [0.1, 0.15) is 10.4 Å². The molecule has 0 saturated heterocycles. The first-order valence-corrected chi connectivity index (χ1v) is 9.34. The minimum absolute atomic E-state index is 0.175. The molecule has 4 rings (SSSR count). The molecular weight excluding hydrogens is 380 g/mol. The summed E-state index contributed by atoms with van der Waals surface area (Å²) in [6.45, 7) is 0. The predicted octanol–water partition coefficient (Wildman–Crippen LogP) is 4.93. The fourth-order valence-electron chi connectivity index (χ4n) is 3.03. The number of hydrogen-bond acceptors (Lipinski definition) is 5. The first-order valence-electron chi connectivity index (χ1n) is 9.34. The second-order valence-electron chi connectivity index (χ2n) is 6.47. The Morgan fingerprint density at radius 3 is 2.43 bits per heavy atom. The summed E-state index contributed by atoms with van der Waals surface area (Å²) in [5, 5.41) is 3.68. The van der Waals surface area contributed by atoms with Gasteiger partial charge < -0.3 is 19.2 Å². The summed E-state index contributed by atoms with van der Waals surface area (Å²) in [5.41, 5.74) is 2.27. The number of nitrogens with zero attached hydrogens (tertiary/aromatic N) is 1. The fraction of sp³-hybridized carbons (Fsp3) is 0.0833. The van der Waals surface area contributed by atoms with Crippen molar-refractivity contribution in [3.8, 4) is 11.5 Å². The van der Waals surface area contributed by atoms with E-state index in [-0.39, 0.29) is 11.5 Å². The Morgan fingerprint density at radius 1 is 0.900 bits per heavy atom. The summed E-state index contributed by atoms with van der Waals surface area (Å²) in [6.07, 6.45) is 0. The molecule has 0 spiro atoms. The Bertz CT molecular complexity index is 1260. The minimum Gasteiger partial charge on any atom is -0.497 e. The summed E-state index contributed by atoms with van der Waals surface area (Å²) < 4.78 is 16.7. The van der Waals surface area contributed by atoms with Gasteiger partial charge in [0.2, 0.25) is 5.55 Å². The third kappa shape index (κ3) is 4.03. The molecule has 0 fully saturated rings. The number of rotatable bonds is 5. The van der Waals surface area contributed by atoms with Gasteiger partial charge in [0.25, 0.3) is 5.91 Å². The van der Waals surface area contributed by atoms with Gasteiger partial charge in [-0.05, 0) is 36.4 Å². The number of hydrogen-bond donors (Lipinski definition) is 1. The van der Waals surface area contributed by atoms with Crippen LogP contribution < -0.4 is 20.3 Å². The summed E-state index contributed by atoms with van der Waals surface area (Å²) in [5.74, 6) is 0.829. The zero-order valence-electron chi connectivity index (χ0n) is 16.6. The molecule has 6 nitrogen and oxygen atoms in total. The number of methoxy groups -OCH3 is 2. The van der Waals surface area contributed by atoms with Crippen molar-refractivity contribution in [1.82, 2.24) is 0 Å². The van der Waals surface area contributed by atoms with Crippen LogP contribution in [0, 0.1) is 0 Å². The molecule has 0 radical (unpaired) electrons. The Hall–Kier alpha value is -4.06. The molecule has 30 heavy (non-hydrogen) atoms. The Kier molecular flexibility index (Phi) is 5.48. The molecule has 0 atom stereocenters. The van der Waals surface area contributed by atoms with E-state index in [0.717, 1.165) is 5.39 Å². The number of amides is 1. The summed E-state index contributed by atoms with van der Waals surface area (Å²) >= 11 is 0. The van der Waals surface area contributed by atoms with Gasteiger partial charge in [-0.25, -0.2) is 4.99 Å². The maximum Gasteiger partial charge on any atom is 0.261 e. The van der Waals surface area contributed by atoms with Gasteiger partial charge in [0.05, 0.1) is 14.2 Å². The monoisotopic (exact) mass is 400 g/mol. The summed E-state index contributed by atoms with van der Waals surface area (Å²) in [7, 11) is 3.13. The molecule has 6 heteroatoms. The van der Waals surface area contributed by atoms with Crippen molar-refractivity contribution in [3.63, 3.8) is 0 Å². The van der Waals surface area contributed by atoms with E-state index in [1.165, 1.54) is 0 Å². The highest BCUT2D eigenvalue weighted by molar-refractivity contribution is 6.05. The first-order chi connectivity index (χ1) is 14.7. The number of anilines is 1. The van der Waals surface area contributed by atoms with E-state index in [4.69, 9.17) is 13.9 Å². The molecule has 0 aliphatic rings. The normalized spacial score (nSPS) is 11.3. The van der Waals surface area contributed by atoms with Crippen molar-refractivity contribution in [2.45, 2.75) is 0 Å². The molecule has 3 aromatic carbocycles. The Morgan fingerprint density at radius 2 is 1.67 bits per heavy atom. The van der Waals surface area contributed by atoms with Crippen LogP contribution in [0.3, 0.4) is 0 Å². The van der Waals surface area contributed by atoms with Crippen molar-refractivity contribution in [2.75, 3.05) is 19.5 Å². The van der Waals surface area contributed by atoms with Crippen LogP contribution >= 0.6 is 0 Å². The van der Waals surface area contributed by atoms with Crippen molar-refractivity contribution >= 4 is 28.3 Å². The number of carbonyl (C=O) groups is 1. The van der Waals surface area contributed by atoms with Crippen LogP contribution in [0.5, 0.6) is 11.5 Å². The summed E-state index contributed by atoms with van der Waals surface area (Å²) in [6, 6.07) is 23.7. The van der Waals surface area contributed by atoms with E-state index < -0.39 is 0 Å². The van der Waals surface area contributed by atoms with Crippen molar-refractivity contribution in [1.29, 1.82) is 0 Å². The first kappa shape index (κ1) is 19.3. The van der Waals surface area contributed by atoms with E-state index >= 15 is 0 Å². The maximum absolute atomic E-state index is 13.1. The number of fused-ring (bicyclic) bond motifs is 1. The van der Waals surface area contributed by atoms with Gasteiger partial charge in [-0.2, -0.15) is 0 Å². The molecule has 1 N–H and O–H groups in total. The highest BCUT2D eigenvalue weighted by atomic mass is 16.5. The number of ether oxygens (including phenoxy) is 2. The number of para-hydroxylation sites is 2. The van der Waals surface area contributed by atoms with Crippen LogP contribution in [0.25, 0.3) is 11.0 Å². The topological polar surface area (TPSA) is 73.1 Å². The van der Waals surface area contributed by atoms with E-state index in [0.29, 0.717) is 34.0 Å². The molecule has 1 amide bonds. The number of benzene rings is 3. The zero-order chi connectivity index (χ0) is 20.9. The Labute approximate surface area is 173 Å². The van der Waals surface area contributed by atoms with Crippen molar-refractivity contribution < 1.29 is 18.7 Å². The quantitative estimate of drug-likeness (QED) is 0.515. The van der Waals surface area contributed by atoms with Gasteiger partial charge in [0.15, 0.2) is 0 Å². The highest BCUT2D eigenvalue weighted by Gasteiger charge is 2.14. The van der Waals surface area contributed by atoms with Gasteiger partial charge in [-0.3, -0.25) is 4.79 Å². The third-order valence-electron chi connectivity index (χ3n) is 4.54. The Balaban J connectivity index is 1.89. The van der Waals surface area contributed by atoms with Gasteiger partial charge in [-0.1, -0.05) is 36.4 Å². The van der Waals surface area contributed by atoms with Crippen LogP contribution in [-0.2, 0) is 0 Å². The lowest BCUT2D eigenvalue weighted by atomic mass is 10.1. The van der Waals surface area contributed by atoms with E-state index in [1.54, 1.807) is 38.5 Å². The second-order valence-corrected chi connectivity index (χ2v) is 6.47. The van der Waals surface area contributed by atoms with E-state index in [9.17, 15) is 4.79 Å². The molecule has 150 valence electrons. The lowest BCUT2D eigenvalue weighted by Gasteiger charge is -2.09. The van der Waals surface area contributed by atoms with E-state index in [2.05, 4.69) is 10.3 Å².